The molecule has 0 unspecified atom stereocenters. The Balaban J connectivity index is 2.37. The van der Waals surface area contributed by atoms with E-state index in [0.29, 0.717) is 22.5 Å². The molecule has 3 rings (SSSR count). The van der Waals surface area contributed by atoms with Crippen molar-refractivity contribution in [1.29, 1.82) is 0 Å². The summed E-state index contributed by atoms with van der Waals surface area (Å²) < 4.78 is 14.8. The molecule has 0 saturated heterocycles. The van der Waals surface area contributed by atoms with Gasteiger partial charge in [0.1, 0.15) is 5.82 Å². The normalized spacial score (nSPS) is 11.4. The van der Waals surface area contributed by atoms with Gasteiger partial charge >= 0.3 is 5.97 Å². The highest BCUT2D eigenvalue weighted by Gasteiger charge is 2.16. The van der Waals surface area contributed by atoms with Crippen LogP contribution in [-0.4, -0.2) is 25.4 Å². The number of H-pyrrole nitrogens is 1. The average molecular weight is 247 g/mol. The Kier molecular flexibility index (Phi) is 2.13. The second-order valence-corrected chi connectivity index (χ2v) is 4.17. The number of benzene rings is 1. The number of fused-ring (bicyclic) bond motifs is 3. The van der Waals surface area contributed by atoms with Crippen molar-refractivity contribution >= 4 is 22.8 Å². The molecule has 2 aromatic heterocycles. The summed E-state index contributed by atoms with van der Waals surface area (Å²) in [4.78, 5) is 18.1. The lowest BCUT2D eigenvalue weighted by Gasteiger charge is -1.99. The van der Waals surface area contributed by atoms with Crippen LogP contribution in [0.15, 0.2) is 18.2 Å². The van der Waals surface area contributed by atoms with Crippen LogP contribution in [0.3, 0.4) is 0 Å². The van der Waals surface area contributed by atoms with Crippen LogP contribution in [-0.2, 0) is 11.2 Å². The Hall–Kier alpha value is -2.37. The summed E-state index contributed by atoms with van der Waals surface area (Å²) in [6.07, 6.45) is -0.103. The van der Waals surface area contributed by atoms with Crippen molar-refractivity contribution in [3.05, 3.63) is 35.4 Å². The van der Waals surface area contributed by atoms with Gasteiger partial charge in [-0.15, -0.1) is 0 Å². The van der Waals surface area contributed by atoms with E-state index in [1.54, 1.807) is 17.4 Å². The number of carboxylic acid groups (broad SMARTS) is 1. The van der Waals surface area contributed by atoms with Crippen molar-refractivity contribution in [3.8, 4) is 0 Å². The maximum atomic E-state index is 13.1. The minimum Gasteiger partial charge on any atom is -0.481 e. The molecule has 5 nitrogen and oxygen atoms in total. The number of nitrogens with one attached hydrogen (secondary N) is 1. The summed E-state index contributed by atoms with van der Waals surface area (Å²) in [7, 11) is 0. The molecule has 0 fully saturated rings. The predicted molar refractivity (Wildman–Crippen MR) is 63.1 cm³/mol. The highest BCUT2D eigenvalue weighted by atomic mass is 19.1. The molecule has 18 heavy (non-hydrogen) atoms. The van der Waals surface area contributed by atoms with Gasteiger partial charge in [-0.3, -0.25) is 9.20 Å². The second kappa shape index (κ2) is 3.56. The van der Waals surface area contributed by atoms with Crippen LogP contribution in [0.4, 0.5) is 4.39 Å². The number of rotatable bonds is 2. The molecule has 1 aromatic carbocycles. The summed E-state index contributed by atoms with van der Waals surface area (Å²) in [6.45, 7) is 1.79. The van der Waals surface area contributed by atoms with E-state index in [4.69, 9.17) is 5.11 Å². The van der Waals surface area contributed by atoms with Crippen LogP contribution >= 0.6 is 0 Å². The van der Waals surface area contributed by atoms with Crippen molar-refractivity contribution < 1.29 is 14.3 Å². The van der Waals surface area contributed by atoms with Crippen molar-refractivity contribution in [2.24, 2.45) is 0 Å². The zero-order valence-corrected chi connectivity index (χ0v) is 9.57. The Morgan fingerprint density at radius 1 is 1.56 bits per heavy atom. The standard InChI is InChI=1S/C12H10FN3O2/c1-6-10(5-11(17)18)16-9-3-2-7(13)4-8(9)15-12(16)14-6/h2-4H,5H2,1H3,(H,14,15)(H,17,18). The summed E-state index contributed by atoms with van der Waals surface area (Å²) in [5, 5.41) is 8.92. The lowest BCUT2D eigenvalue weighted by atomic mass is 10.2. The molecular weight excluding hydrogens is 237 g/mol. The number of aryl methyl sites for hydroxylation is 1. The topological polar surface area (TPSA) is 70.4 Å². The summed E-state index contributed by atoms with van der Waals surface area (Å²) in [5.41, 5.74) is 2.60. The average Bonchev–Trinajstić information content (AvgIpc) is 2.75. The fraction of sp³-hybridized carbons (Fsp3) is 0.167. The maximum absolute atomic E-state index is 13.1. The van der Waals surface area contributed by atoms with Gasteiger partial charge in [-0.2, -0.15) is 0 Å². The van der Waals surface area contributed by atoms with Crippen molar-refractivity contribution in [2.45, 2.75) is 13.3 Å². The number of carboxylic acids is 1. The number of aromatic nitrogens is 3. The lowest BCUT2D eigenvalue weighted by Crippen LogP contribution is -2.04. The first-order valence-corrected chi connectivity index (χ1v) is 5.43. The lowest BCUT2D eigenvalue weighted by molar-refractivity contribution is -0.136. The van der Waals surface area contributed by atoms with Gasteiger partial charge in [0.05, 0.1) is 23.1 Å². The van der Waals surface area contributed by atoms with Crippen LogP contribution < -0.4 is 0 Å². The summed E-state index contributed by atoms with van der Waals surface area (Å²) in [6, 6.07) is 4.27. The van der Waals surface area contributed by atoms with E-state index in [1.807, 2.05) is 0 Å². The summed E-state index contributed by atoms with van der Waals surface area (Å²) in [5.74, 6) is -0.743. The van der Waals surface area contributed by atoms with Gasteiger partial charge in [-0.25, -0.2) is 9.37 Å². The molecule has 0 aliphatic heterocycles. The minimum absolute atomic E-state index is 0.103. The Bertz CT molecular complexity index is 772. The summed E-state index contributed by atoms with van der Waals surface area (Å²) >= 11 is 0. The molecule has 0 radical (unpaired) electrons. The number of aliphatic carboxylic acids is 1. The Morgan fingerprint density at radius 2 is 2.33 bits per heavy atom. The van der Waals surface area contributed by atoms with Gasteiger partial charge in [0.25, 0.3) is 0 Å². The molecular formula is C12H10FN3O2. The van der Waals surface area contributed by atoms with E-state index in [1.165, 1.54) is 12.1 Å². The minimum atomic E-state index is -0.914. The van der Waals surface area contributed by atoms with E-state index < -0.39 is 5.97 Å². The molecule has 0 bridgehead atoms. The maximum Gasteiger partial charge on any atom is 0.309 e. The van der Waals surface area contributed by atoms with Gasteiger partial charge < -0.3 is 10.1 Å². The van der Waals surface area contributed by atoms with Crippen LogP contribution in [0.1, 0.15) is 11.4 Å². The smallest absolute Gasteiger partial charge is 0.309 e. The molecule has 6 heteroatoms. The zero-order valence-electron chi connectivity index (χ0n) is 9.57. The highest BCUT2D eigenvalue weighted by molar-refractivity contribution is 5.81. The van der Waals surface area contributed by atoms with Crippen LogP contribution in [0.25, 0.3) is 16.8 Å². The number of carbonyl (C=O) groups is 1. The number of hydrogen-bond acceptors (Lipinski definition) is 2. The molecule has 3 aromatic rings. The van der Waals surface area contributed by atoms with Crippen molar-refractivity contribution in [2.75, 3.05) is 0 Å². The molecule has 0 aliphatic carbocycles. The molecule has 92 valence electrons. The first kappa shape index (κ1) is 10.8. The third-order valence-corrected chi connectivity index (χ3v) is 2.94. The van der Waals surface area contributed by atoms with E-state index in [-0.39, 0.29) is 12.2 Å². The molecule has 2 N–H and O–H groups in total. The third kappa shape index (κ3) is 1.46. The fourth-order valence-electron chi connectivity index (χ4n) is 2.17. The number of halogens is 1. The third-order valence-electron chi connectivity index (χ3n) is 2.94. The molecule has 2 heterocycles. The SMILES string of the molecule is Cc1[nH]c2nc3cc(F)ccc3n2c1CC(=O)O. The van der Waals surface area contributed by atoms with Gasteiger partial charge in [0.15, 0.2) is 0 Å². The van der Waals surface area contributed by atoms with Gasteiger partial charge in [-0.1, -0.05) is 0 Å². The van der Waals surface area contributed by atoms with Crippen LogP contribution in [0.2, 0.25) is 0 Å². The first-order chi connectivity index (χ1) is 8.56. The second-order valence-electron chi connectivity index (χ2n) is 4.17. The van der Waals surface area contributed by atoms with E-state index in [0.717, 1.165) is 5.69 Å². The number of hydrogen-bond donors (Lipinski definition) is 2. The highest BCUT2D eigenvalue weighted by Crippen LogP contribution is 2.21. The predicted octanol–water partition coefficient (Wildman–Crippen LogP) is 1.89. The van der Waals surface area contributed by atoms with Crippen molar-refractivity contribution in [3.63, 3.8) is 0 Å². The number of nitrogens with zero attached hydrogens (tertiary/aromatic N) is 2. The van der Waals surface area contributed by atoms with E-state index >= 15 is 0 Å². The van der Waals surface area contributed by atoms with E-state index in [2.05, 4.69) is 9.97 Å². The molecule has 0 aliphatic rings. The van der Waals surface area contributed by atoms with Gasteiger partial charge in [-0.05, 0) is 19.1 Å². The molecule has 0 amide bonds. The Morgan fingerprint density at radius 3 is 3.06 bits per heavy atom. The molecule has 0 spiro atoms. The molecule has 0 atom stereocenters. The quantitative estimate of drug-likeness (QED) is 0.726. The largest absolute Gasteiger partial charge is 0.481 e. The Labute approximate surface area is 101 Å². The van der Waals surface area contributed by atoms with Crippen LogP contribution in [0.5, 0.6) is 0 Å². The van der Waals surface area contributed by atoms with Gasteiger partial charge in [0, 0.05) is 11.8 Å². The van der Waals surface area contributed by atoms with E-state index in [9.17, 15) is 9.18 Å². The first-order valence-electron chi connectivity index (χ1n) is 5.43. The van der Waals surface area contributed by atoms with Crippen molar-refractivity contribution in [1.82, 2.24) is 14.4 Å². The number of imidazole rings is 2. The number of aromatic amines is 1. The zero-order chi connectivity index (χ0) is 12.9. The van der Waals surface area contributed by atoms with Gasteiger partial charge in [0.2, 0.25) is 5.78 Å². The fourth-order valence-corrected chi connectivity index (χ4v) is 2.17. The van der Waals surface area contributed by atoms with Crippen LogP contribution in [0, 0.1) is 12.7 Å². The monoisotopic (exact) mass is 247 g/mol. The molecule has 0 saturated carbocycles.